The highest BCUT2D eigenvalue weighted by Crippen LogP contribution is 2.16. The Balaban J connectivity index is 0.000000128. The fraction of sp³-hybridized carbons (Fsp3) is 0.364. The normalized spacial score (nSPS) is 15.8. The van der Waals surface area contributed by atoms with Crippen LogP contribution in [0, 0.1) is 0 Å². The molecular weight excluding hydrogens is 194 g/mol. The minimum Gasteiger partial charge on any atom is -0.393 e. The molecule has 1 fully saturated rings. The average Bonchev–Trinajstić information content (AvgIpc) is 2.63. The molecule has 1 aromatic carbocycles. The summed E-state index contributed by atoms with van der Waals surface area (Å²) in [6.45, 7) is 0. The first-order chi connectivity index (χ1) is 6.86. The van der Waals surface area contributed by atoms with Crippen LogP contribution >= 0.6 is 11.3 Å². The van der Waals surface area contributed by atoms with Crippen molar-refractivity contribution in [2.75, 3.05) is 0 Å². The molecule has 0 spiro atoms. The maximum atomic E-state index is 8.45. The third-order valence-electron chi connectivity index (χ3n) is 2.31. The van der Waals surface area contributed by atoms with E-state index in [-0.39, 0.29) is 6.10 Å². The number of aromatic nitrogens is 1. The summed E-state index contributed by atoms with van der Waals surface area (Å²) in [6.07, 6.45) is 3.39. The van der Waals surface area contributed by atoms with Crippen molar-refractivity contribution in [1.29, 1.82) is 0 Å². The van der Waals surface area contributed by atoms with Gasteiger partial charge in [0, 0.05) is 0 Å². The second-order valence-corrected chi connectivity index (χ2v) is 4.29. The Morgan fingerprint density at radius 2 is 2.00 bits per heavy atom. The van der Waals surface area contributed by atoms with E-state index < -0.39 is 0 Å². The van der Waals surface area contributed by atoms with Crippen molar-refractivity contribution in [3.8, 4) is 0 Å². The van der Waals surface area contributed by atoms with Gasteiger partial charge in [-0.2, -0.15) is 0 Å². The topological polar surface area (TPSA) is 33.1 Å². The van der Waals surface area contributed by atoms with Gasteiger partial charge in [-0.1, -0.05) is 12.1 Å². The Morgan fingerprint density at radius 1 is 1.29 bits per heavy atom. The molecule has 0 bridgehead atoms. The van der Waals surface area contributed by atoms with Gasteiger partial charge >= 0.3 is 0 Å². The number of fused-ring (bicyclic) bond motifs is 1. The molecule has 2 nitrogen and oxygen atoms in total. The van der Waals surface area contributed by atoms with Gasteiger partial charge in [0.1, 0.15) is 0 Å². The molecule has 0 unspecified atom stereocenters. The van der Waals surface area contributed by atoms with Crippen molar-refractivity contribution < 1.29 is 5.11 Å². The average molecular weight is 207 g/mol. The maximum Gasteiger partial charge on any atom is 0.0812 e. The van der Waals surface area contributed by atoms with Crippen LogP contribution in [0.25, 0.3) is 10.2 Å². The van der Waals surface area contributed by atoms with Crippen molar-refractivity contribution in [3.05, 3.63) is 29.8 Å². The third-order valence-corrected chi connectivity index (χ3v) is 3.12. The van der Waals surface area contributed by atoms with Crippen LogP contribution in [0.15, 0.2) is 29.8 Å². The Hall–Kier alpha value is -0.930. The molecule has 1 N–H and O–H groups in total. The van der Waals surface area contributed by atoms with Gasteiger partial charge in [-0.3, -0.25) is 0 Å². The lowest BCUT2D eigenvalue weighted by Gasteiger charge is -2.17. The lowest BCUT2D eigenvalue weighted by Crippen LogP contribution is -2.15. The van der Waals surface area contributed by atoms with Crippen LogP contribution < -0.4 is 0 Å². The highest BCUT2D eigenvalue weighted by atomic mass is 32.1. The van der Waals surface area contributed by atoms with Crippen LogP contribution in [-0.2, 0) is 0 Å². The number of aliphatic hydroxyl groups excluding tert-OH is 1. The Kier molecular flexibility index (Phi) is 3.11. The first kappa shape index (κ1) is 9.62. The minimum atomic E-state index is 0.0648. The summed E-state index contributed by atoms with van der Waals surface area (Å²) in [5, 5.41) is 8.45. The van der Waals surface area contributed by atoms with Gasteiger partial charge in [-0.05, 0) is 31.4 Å². The van der Waals surface area contributed by atoms with E-state index in [0.29, 0.717) is 0 Å². The number of hydrogen-bond donors (Lipinski definition) is 1. The van der Waals surface area contributed by atoms with E-state index in [2.05, 4.69) is 11.1 Å². The quantitative estimate of drug-likeness (QED) is 0.720. The monoisotopic (exact) mass is 207 g/mol. The fourth-order valence-corrected chi connectivity index (χ4v) is 1.87. The molecule has 0 atom stereocenters. The highest BCUT2D eigenvalue weighted by molar-refractivity contribution is 7.16. The van der Waals surface area contributed by atoms with E-state index in [4.69, 9.17) is 5.11 Å². The van der Waals surface area contributed by atoms with Gasteiger partial charge in [0.05, 0.1) is 21.8 Å². The van der Waals surface area contributed by atoms with Crippen LogP contribution in [0.4, 0.5) is 0 Å². The molecule has 0 radical (unpaired) electrons. The molecular formula is C11H13NOS. The Morgan fingerprint density at radius 3 is 2.57 bits per heavy atom. The number of benzene rings is 1. The maximum absolute atomic E-state index is 8.45. The lowest BCUT2D eigenvalue weighted by molar-refractivity contribution is 0.0950. The van der Waals surface area contributed by atoms with Crippen molar-refractivity contribution in [2.45, 2.75) is 25.4 Å². The summed E-state index contributed by atoms with van der Waals surface area (Å²) in [5.74, 6) is 0. The second-order valence-electron chi connectivity index (χ2n) is 3.40. The van der Waals surface area contributed by atoms with Crippen LogP contribution in [-0.4, -0.2) is 16.2 Å². The molecule has 0 saturated heterocycles. The second kappa shape index (κ2) is 4.53. The van der Waals surface area contributed by atoms with Crippen molar-refractivity contribution in [2.24, 2.45) is 0 Å². The predicted octanol–water partition coefficient (Wildman–Crippen LogP) is 2.83. The summed E-state index contributed by atoms with van der Waals surface area (Å²) in [6, 6.07) is 8.13. The molecule has 1 heterocycles. The van der Waals surface area contributed by atoms with Crippen molar-refractivity contribution >= 4 is 21.6 Å². The number of rotatable bonds is 0. The van der Waals surface area contributed by atoms with Gasteiger partial charge in [0.2, 0.25) is 0 Å². The summed E-state index contributed by atoms with van der Waals surface area (Å²) in [7, 11) is 0. The zero-order valence-electron chi connectivity index (χ0n) is 7.89. The van der Waals surface area contributed by atoms with Gasteiger partial charge in [0.25, 0.3) is 0 Å². The fourth-order valence-electron chi connectivity index (χ4n) is 1.19. The molecule has 74 valence electrons. The first-order valence-corrected chi connectivity index (χ1v) is 5.70. The zero-order valence-corrected chi connectivity index (χ0v) is 8.70. The molecule has 1 saturated carbocycles. The lowest BCUT2D eigenvalue weighted by atomic mass is 9.97. The standard InChI is InChI=1S/C7H5NS.C4H8O/c1-2-4-7-6(3-1)8-5-9-7;5-4-2-1-3-4/h1-5H;4-5H,1-3H2. The molecule has 1 aromatic heterocycles. The SMILES string of the molecule is OC1CCC1.c1ccc2scnc2c1. The number of aliphatic hydroxyl groups is 1. The van der Waals surface area contributed by atoms with E-state index in [1.165, 1.54) is 11.1 Å². The Bertz CT molecular complexity index is 365. The molecule has 3 rings (SSSR count). The summed E-state index contributed by atoms with van der Waals surface area (Å²) < 4.78 is 1.26. The van der Waals surface area contributed by atoms with Gasteiger partial charge in [-0.25, -0.2) is 4.98 Å². The molecule has 1 aliphatic rings. The van der Waals surface area contributed by atoms with Crippen LogP contribution in [0.1, 0.15) is 19.3 Å². The molecule has 3 heteroatoms. The van der Waals surface area contributed by atoms with Gasteiger partial charge in [-0.15, -0.1) is 11.3 Å². The highest BCUT2D eigenvalue weighted by Gasteiger charge is 2.11. The third kappa shape index (κ3) is 2.30. The van der Waals surface area contributed by atoms with E-state index in [0.717, 1.165) is 18.4 Å². The summed E-state index contributed by atoms with van der Waals surface area (Å²) in [5.41, 5.74) is 2.97. The van der Waals surface area contributed by atoms with E-state index in [1.54, 1.807) is 11.3 Å². The van der Waals surface area contributed by atoms with E-state index >= 15 is 0 Å². The first-order valence-electron chi connectivity index (χ1n) is 4.82. The smallest absolute Gasteiger partial charge is 0.0812 e. The minimum absolute atomic E-state index is 0.0648. The summed E-state index contributed by atoms with van der Waals surface area (Å²) >= 11 is 1.68. The van der Waals surface area contributed by atoms with Crippen LogP contribution in [0.3, 0.4) is 0 Å². The van der Waals surface area contributed by atoms with Crippen molar-refractivity contribution in [3.63, 3.8) is 0 Å². The number of nitrogens with zero attached hydrogens (tertiary/aromatic N) is 1. The van der Waals surface area contributed by atoms with Crippen molar-refractivity contribution in [1.82, 2.24) is 4.98 Å². The zero-order chi connectivity index (χ0) is 9.80. The summed E-state index contributed by atoms with van der Waals surface area (Å²) in [4.78, 5) is 4.14. The number of thiazole rings is 1. The Labute approximate surface area is 87.2 Å². The van der Waals surface area contributed by atoms with Crippen LogP contribution in [0.2, 0.25) is 0 Å². The largest absolute Gasteiger partial charge is 0.393 e. The van der Waals surface area contributed by atoms with E-state index in [1.807, 2.05) is 23.7 Å². The van der Waals surface area contributed by atoms with E-state index in [9.17, 15) is 0 Å². The number of hydrogen-bond acceptors (Lipinski definition) is 3. The molecule has 0 aliphatic heterocycles. The molecule has 14 heavy (non-hydrogen) atoms. The predicted molar refractivity (Wildman–Crippen MR) is 59.5 cm³/mol. The van der Waals surface area contributed by atoms with Gasteiger partial charge < -0.3 is 5.11 Å². The van der Waals surface area contributed by atoms with Gasteiger partial charge in [0.15, 0.2) is 0 Å². The van der Waals surface area contributed by atoms with Crippen LogP contribution in [0.5, 0.6) is 0 Å². The number of para-hydroxylation sites is 1. The molecule has 1 aliphatic carbocycles. The molecule has 2 aromatic rings. The molecule has 0 amide bonds.